The van der Waals surface area contributed by atoms with Crippen molar-refractivity contribution in [2.24, 2.45) is 5.92 Å². The van der Waals surface area contributed by atoms with E-state index in [4.69, 9.17) is 4.74 Å². The second-order valence-corrected chi connectivity index (χ2v) is 6.14. The second kappa shape index (κ2) is 8.50. The van der Waals surface area contributed by atoms with E-state index in [2.05, 4.69) is 10.6 Å². The Balaban J connectivity index is 2.08. The molecule has 25 heavy (non-hydrogen) atoms. The molecule has 1 heterocycles. The van der Waals surface area contributed by atoms with Crippen molar-refractivity contribution in [2.45, 2.75) is 25.8 Å². The summed E-state index contributed by atoms with van der Waals surface area (Å²) in [6, 6.07) is 7.10. The number of para-hydroxylation sites is 1. The van der Waals surface area contributed by atoms with Crippen molar-refractivity contribution in [3.05, 3.63) is 29.8 Å². The molecule has 1 aromatic carbocycles. The molecular weight excluding hydrogens is 322 g/mol. The van der Waals surface area contributed by atoms with E-state index >= 15 is 0 Å². The summed E-state index contributed by atoms with van der Waals surface area (Å²) in [5.41, 5.74) is 0.819. The maximum Gasteiger partial charge on any atom is 0.257 e. The van der Waals surface area contributed by atoms with E-state index in [-0.39, 0.29) is 42.7 Å². The number of ether oxygens (including phenoxy) is 1. The number of likely N-dealkylation sites (N-methyl/N-ethyl adjacent to an activating group) is 1. The molecule has 0 aliphatic carbocycles. The molecular formula is C18H25N3O4. The van der Waals surface area contributed by atoms with Crippen LogP contribution in [0, 0.1) is 5.92 Å². The molecule has 1 aliphatic heterocycles. The maximum atomic E-state index is 12.5. The molecule has 2 rings (SSSR count). The standard InChI is InChI=1S/C18H25N3O4/c1-4-14(20-18(24)12-9-17(23)21(3)10-12)13-7-5-6-8-15(13)25-11-16(22)19-2/h5-8,12,14H,4,9-11H2,1-3H3,(H,19,22)(H,20,24)/t12-,14-/m0/s1. The van der Waals surface area contributed by atoms with Gasteiger partial charge in [0.05, 0.1) is 12.0 Å². The molecule has 2 atom stereocenters. The van der Waals surface area contributed by atoms with Gasteiger partial charge >= 0.3 is 0 Å². The first-order valence-corrected chi connectivity index (χ1v) is 8.42. The van der Waals surface area contributed by atoms with Crippen LogP contribution >= 0.6 is 0 Å². The number of nitrogens with zero attached hydrogens (tertiary/aromatic N) is 1. The highest BCUT2D eigenvalue weighted by molar-refractivity contribution is 5.89. The van der Waals surface area contributed by atoms with E-state index in [1.54, 1.807) is 25.1 Å². The fourth-order valence-electron chi connectivity index (χ4n) is 2.84. The summed E-state index contributed by atoms with van der Waals surface area (Å²) in [5, 5.41) is 5.51. The second-order valence-electron chi connectivity index (χ2n) is 6.14. The van der Waals surface area contributed by atoms with Gasteiger partial charge in [0.2, 0.25) is 11.8 Å². The van der Waals surface area contributed by atoms with E-state index in [0.717, 1.165) is 5.56 Å². The molecule has 1 aliphatic rings. The zero-order valence-electron chi connectivity index (χ0n) is 14.9. The van der Waals surface area contributed by atoms with Crippen LogP contribution in [0.3, 0.4) is 0 Å². The van der Waals surface area contributed by atoms with Crippen molar-refractivity contribution in [3.8, 4) is 5.75 Å². The van der Waals surface area contributed by atoms with Gasteiger partial charge in [-0.25, -0.2) is 0 Å². The number of carbonyl (C=O) groups is 3. The number of hydrogen-bond acceptors (Lipinski definition) is 4. The molecule has 0 aromatic heterocycles. The largest absolute Gasteiger partial charge is 0.483 e. The molecule has 7 heteroatoms. The lowest BCUT2D eigenvalue weighted by atomic mass is 10.0. The average molecular weight is 347 g/mol. The molecule has 7 nitrogen and oxygen atoms in total. The third-order valence-corrected chi connectivity index (χ3v) is 4.37. The number of carbonyl (C=O) groups excluding carboxylic acids is 3. The molecule has 1 saturated heterocycles. The molecule has 0 saturated carbocycles. The van der Waals surface area contributed by atoms with Crippen LogP contribution in [0.15, 0.2) is 24.3 Å². The number of likely N-dealkylation sites (tertiary alicyclic amines) is 1. The molecule has 1 aromatic rings. The summed E-state index contributed by atoms with van der Waals surface area (Å²) in [5.74, 6) is -0.129. The van der Waals surface area contributed by atoms with Crippen molar-refractivity contribution >= 4 is 17.7 Å². The number of amides is 3. The fourth-order valence-corrected chi connectivity index (χ4v) is 2.84. The van der Waals surface area contributed by atoms with E-state index in [9.17, 15) is 14.4 Å². The van der Waals surface area contributed by atoms with Crippen LogP contribution in [0.4, 0.5) is 0 Å². The Kier molecular flexibility index (Phi) is 6.38. The lowest BCUT2D eigenvalue weighted by Crippen LogP contribution is -2.35. The minimum absolute atomic E-state index is 0.0116. The normalized spacial score (nSPS) is 18.0. The van der Waals surface area contributed by atoms with E-state index in [0.29, 0.717) is 18.7 Å². The number of hydrogen-bond donors (Lipinski definition) is 2. The Morgan fingerprint density at radius 3 is 2.68 bits per heavy atom. The Morgan fingerprint density at radius 2 is 2.08 bits per heavy atom. The monoisotopic (exact) mass is 347 g/mol. The smallest absolute Gasteiger partial charge is 0.257 e. The third kappa shape index (κ3) is 4.71. The fraction of sp³-hybridized carbons (Fsp3) is 0.500. The predicted octanol–water partition coefficient (Wildman–Crippen LogP) is 0.857. The molecule has 0 bridgehead atoms. The van der Waals surface area contributed by atoms with Gasteiger partial charge in [-0.15, -0.1) is 0 Å². The summed E-state index contributed by atoms with van der Waals surface area (Å²) < 4.78 is 5.59. The Bertz CT molecular complexity index is 647. The van der Waals surface area contributed by atoms with Gasteiger partial charge in [-0.05, 0) is 12.5 Å². The SMILES string of the molecule is CC[C@H](NC(=O)[C@H]1CC(=O)N(C)C1)c1ccccc1OCC(=O)NC. The first-order chi connectivity index (χ1) is 12.0. The number of benzene rings is 1. The first kappa shape index (κ1) is 18.8. The summed E-state index contributed by atoms with van der Waals surface area (Å²) in [6.45, 7) is 2.32. The molecule has 0 radical (unpaired) electrons. The van der Waals surface area contributed by atoms with Gasteiger partial charge in [-0.1, -0.05) is 25.1 Å². The van der Waals surface area contributed by atoms with Crippen molar-refractivity contribution in [1.82, 2.24) is 15.5 Å². The van der Waals surface area contributed by atoms with Gasteiger partial charge in [0.1, 0.15) is 5.75 Å². The summed E-state index contributed by atoms with van der Waals surface area (Å²) in [4.78, 5) is 37.1. The zero-order chi connectivity index (χ0) is 18.4. The Hall–Kier alpha value is -2.57. The average Bonchev–Trinajstić information content (AvgIpc) is 2.96. The van der Waals surface area contributed by atoms with Crippen LogP contribution in [-0.2, 0) is 14.4 Å². The van der Waals surface area contributed by atoms with Crippen molar-refractivity contribution in [3.63, 3.8) is 0 Å². The minimum Gasteiger partial charge on any atom is -0.483 e. The van der Waals surface area contributed by atoms with E-state index in [1.807, 2.05) is 25.1 Å². The lowest BCUT2D eigenvalue weighted by Gasteiger charge is -2.22. The van der Waals surface area contributed by atoms with Gasteiger partial charge in [0.15, 0.2) is 6.61 Å². The van der Waals surface area contributed by atoms with Crippen LogP contribution in [0.25, 0.3) is 0 Å². The first-order valence-electron chi connectivity index (χ1n) is 8.42. The molecule has 2 N–H and O–H groups in total. The number of nitrogens with one attached hydrogen (secondary N) is 2. The Morgan fingerprint density at radius 1 is 1.36 bits per heavy atom. The van der Waals surface area contributed by atoms with Crippen LogP contribution in [0.1, 0.15) is 31.4 Å². The van der Waals surface area contributed by atoms with Gasteiger partial charge in [0.25, 0.3) is 5.91 Å². The summed E-state index contributed by atoms with van der Waals surface area (Å²) in [7, 11) is 3.25. The highest BCUT2D eigenvalue weighted by Gasteiger charge is 2.33. The molecule has 3 amide bonds. The van der Waals surface area contributed by atoms with Crippen LogP contribution < -0.4 is 15.4 Å². The minimum atomic E-state index is -0.328. The van der Waals surface area contributed by atoms with Crippen LogP contribution in [0.5, 0.6) is 5.75 Å². The zero-order valence-corrected chi connectivity index (χ0v) is 14.9. The highest BCUT2D eigenvalue weighted by Crippen LogP contribution is 2.28. The lowest BCUT2D eigenvalue weighted by molar-refractivity contribution is -0.128. The van der Waals surface area contributed by atoms with E-state index in [1.165, 1.54) is 0 Å². The van der Waals surface area contributed by atoms with Crippen LogP contribution in [0.2, 0.25) is 0 Å². The summed E-state index contributed by atoms with van der Waals surface area (Å²) in [6.07, 6.45) is 0.913. The molecule has 136 valence electrons. The summed E-state index contributed by atoms with van der Waals surface area (Å²) >= 11 is 0. The maximum absolute atomic E-state index is 12.5. The van der Waals surface area contributed by atoms with Gasteiger partial charge in [-0.2, -0.15) is 0 Å². The molecule has 0 unspecified atom stereocenters. The van der Waals surface area contributed by atoms with Gasteiger partial charge < -0.3 is 20.3 Å². The van der Waals surface area contributed by atoms with Gasteiger partial charge in [0, 0.05) is 32.6 Å². The Labute approximate surface area is 147 Å². The highest BCUT2D eigenvalue weighted by atomic mass is 16.5. The molecule has 1 fully saturated rings. The van der Waals surface area contributed by atoms with Crippen LogP contribution in [-0.4, -0.2) is 49.9 Å². The van der Waals surface area contributed by atoms with Gasteiger partial charge in [-0.3, -0.25) is 14.4 Å². The predicted molar refractivity (Wildman–Crippen MR) is 92.9 cm³/mol. The topological polar surface area (TPSA) is 87.7 Å². The van der Waals surface area contributed by atoms with Crippen molar-refractivity contribution < 1.29 is 19.1 Å². The van der Waals surface area contributed by atoms with E-state index < -0.39 is 0 Å². The molecule has 0 spiro atoms. The third-order valence-electron chi connectivity index (χ3n) is 4.37. The number of rotatable bonds is 7. The van der Waals surface area contributed by atoms with Crippen molar-refractivity contribution in [2.75, 3.05) is 27.2 Å². The van der Waals surface area contributed by atoms with Crippen molar-refractivity contribution in [1.29, 1.82) is 0 Å². The quantitative estimate of drug-likeness (QED) is 0.766.